The van der Waals surface area contributed by atoms with Crippen molar-refractivity contribution in [1.82, 2.24) is 5.32 Å². The van der Waals surface area contributed by atoms with Crippen molar-refractivity contribution in [2.45, 2.75) is 30.9 Å². The maximum absolute atomic E-state index is 12.6. The van der Waals surface area contributed by atoms with Gasteiger partial charge in [0.05, 0.1) is 11.2 Å². The van der Waals surface area contributed by atoms with Crippen LogP contribution in [0.25, 0.3) is 0 Å². The highest BCUT2D eigenvalue weighted by Gasteiger charge is 2.31. The summed E-state index contributed by atoms with van der Waals surface area (Å²) in [6.07, 6.45) is 1.20. The second-order valence-electron chi connectivity index (χ2n) is 6.15. The largest absolute Gasteiger partial charge is 0.326 e. The van der Waals surface area contributed by atoms with Gasteiger partial charge in [-0.1, -0.05) is 61.2 Å². The van der Waals surface area contributed by atoms with E-state index in [2.05, 4.69) is 10.6 Å². The molecule has 2 N–H and O–H groups in total. The first-order chi connectivity index (χ1) is 12.6. The summed E-state index contributed by atoms with van der Waals surface area (Å²) in [7, 11) is 0. The topological polar surface area (TPSA) is 75.3 Å². The maximum atomic E-state index is 12.6. The van der Waals surface area contributed by atoms with Gasteiger partial charge in [-0.05, 0) is 36.1 Å². The minimum Gasteiger partial charge on any atom is -0.326 e. The fourth-order valence-electron chi connectivity index (χ4n) is 2.95. The molecule has 1 saturated heterocycles. The van der Waals surface area contributed by atoms with Gasteiger partial charge >= 0.3 is 0 Å². The molecule has 6 heteroatoms. The Hall–Kier alpha value is -2.60. The summed E-state index contributed by atoms with van der Waals surface area (Å²) in [4.78, 5) is 35.4. The monoisotopic (exact) mass is 368 g/mol. The number of amides is 3. The zero-order chi connectivity index (χ0) is 18.5. The lowest BCUT2D eigenvalue weighted by molar-refractivity contribution is -0.119. The number of carbonyl (C=O) groups is 3. The van der Waals surface area contributed by atoms with E-state index in [1.165, 1.54) is 0 Å². The van der Waals surface area contributed by atoms with Gasteiger partial charge < -0.3 is 5.32 Å². The highest BCUT2D eigenvalue weighted by Crippen LogP contribution is 2.24. The Balaban J connectivity index is 1.62. The van der Waals surface area contributed by atoms with Crippen LogP contribution in [0.3, 0.4) is 0 Å². The molecule has 2 unspecified atom stereocenters. The summed E-state index contributed by atoms with van der Waals surface area (Å²) in [5.41, 5.74) is 2.66. The number of carbonyl (C=O) groups excluding carboxylic acids is 3. The Labute approximate surface area is 156 Å². The molecule has 1 aliphatic rings. The predicted octanol–water partition coefficient (Wildman–Crippen LogP) is 3.71. The minimum atomic E-state index is -0.384. The van der Waals surface area contributed by atoms with Crippen LogP contribution in [0.5, 0.6) is 0 Å². The Morgan fingerprint density at radius 3 is 2.38 bits per heavy atom. The summed E-state index contributed by atoms with van der Waals surface area (Å²) in [6.45, 7) is 1.99. The van der Waals surface area contributed by atoms with Gasteiger partial charge in [-0.2, -0.15) is 0 Å². The molecule has 134 valence electrons. The molecule has 0 spiro atoms. The van der Waals surface area contributed by atoms with Crippen molar-refractivity contribution >= 4 is 34.5 Å². The Bertz CT molecular complexity index is 806. The number of hydrogen-bond donors (Lipinski definition) is 2. The van der Waals surface area contributed by atoms with Gasteiger partial charge in [-0.3, -0.25) is 19.7 Å². The number of benzene rings is 2. The molecule has 0 radical (unpaired) electrons. The normalized spacial score (nSPS) is 17.7. The molecule has 2 aromatic rings. The summed E-state index contributed by atoms with van der Waals surface area (Å²) in [6, 6.07) is 17.1. The first kappa shape index (κ1) is 18.2. The van der Waals surface area contributed by atoms with Gasteiger partial charge in [-0.25, -0.2) is 0 Å². The van der Waals surface area contributed by atoms with Crippen LogP contribution in [0.15, 0.2) is 54.6 Å². The summed E-state index contributed by atoms with van der Waals surface area (Å²) in [5, 5.41) is 4.56. The third-order valence-corrected chi connectivity index (χ3v) is 5.32. The van der Waals surface area contributed by atoms with E-state index in [-0.39, 0.29) is 28.2 Å². The smallest absolute Gasteiger partial charge is 0.286 e. The van der Waals surface area contributed by atoms with Crippen molar-refractivity contribution < 1.29 is 14.4 Å². The highest BCUT2D eigenvalue weighted by molar-refractivity contribution is 8.15. The zero-order valence-electron chi connectivity index (χ0n) is 14.4. The number of thioether (sulfide) groups is 1. The molecule has 3 rings (SSSR count). The van der Waals surface area contributed by atoms with E-state index in [4.69, 9.17) is 0 Å². The molecule has 2 atom stereocenters. The molecule has 5 nitrogen and oxygen atoms in total. The van der Waals surface area contributed by atoms with Crippen LogP contribution in [0, 0.1) is 0 Å². The molecule has 0 aliphatic carbocycles. The van der Waals surface area contributed by atoms with Crippen molar-refractivity contribution in [2.24, 2.45) is 0 Å². The molecule has 1 fully saturated rings. The maximum Gasteiger partial charge on any atom is 0.286 e. The lowest BCUT2D eigenvalue weighted by atomic mass is 9.95. The fourth-order valence-corrected chi connectivity index (χ4v) is 3.81. The second-order valence-corrected chi connectivity index (χ2v) is 7.32. The van der Waals surface area contributed by atoms with Crippen LogP contribution in [0.4, 0.5) is 10.5 Å². The van der Waals surface area contributed by atoms with E-state index < -0.39 is 0 Å². The quantitative estimate of drug-likeness (QED) is 0.815. The van der Waals surface area contributed by atoms with Gasteiger partial charge in [0.25, 0.3) is 5.24 Å². The standard InChI is InChI=1S/C20H20N2O3S/c1-2-16(14-6-4-3-5-7-14)18(23)21-15-10-8-13(9-11-15)12-17-19(24)22-20(25)26-17/h3-11,16-17H,2,12H2,1H3,(H,21,23)(H,22,24,25). The molecule has 1 aliphatic heterocycles. The average Bonchev–Trinajstić information content (AvgIpc) is 2.95. The Kier molecular flexibility index (Phi) is 5.73. The number of hydrogen-bond acceptors (Lipinski definition) is 4. The molecule has 0 saturated carbocycles. The van der Waals surface area contributed by atoms with Crippen molar-refractivity contribution in [3.8, 4) is 0 Å². The molecular weight excluding hydrogens is 348 g/mol. The average molecular weight is 368 g/mol. The molecule has 26 heavy (non-hydrogen) atoms. The van der Waals surface area contributed by atoms with Crippen molar-refractivity contribution in [2.75, 3.05) is 5.32 Å². The van der Waals surface area contributed by atoms with Gasteiger partial charge in [-0.15, -0.1) is 0 Å². The van der Waals surface area contributed by atoms with Crippen LogP contribution in [0.2, 0.25) is 0 Å². The number of nitrogens with one attached hydrogen (secondary N) is 2. The lowest BCUT2D eigenvalue weighted by Gasteiger charge is -2.15. The third-order valence-electron chi connectivity index (χ3n) is 4.34. The molecule has 0 bridgehead atoms. The van der Waals surface area contributed by atoms with Gasteiger partial charge in [0.15, 0.2) is 0 Å². The van der Waals surface area contributed by atoms with E-state index in [1.54, 1.807) is 0 Å². The van der Waals surface area contributed by atoms with Crippen LogP contribution in [-0.4, -0.2) is 22.3 Å². The first-order valence-corrected chi connectivity index (χ1v) is 9.41. The van der Waals surface area contributed by atoms with Gasteiger partial charge in [0, 0.05) is 5.69 Å². The third kappa shape index (κ3) is 4.32. The zero-order valence-corrected chi connectivity index (χ0v) is 15.2. The van der Waals surface area contributed by atoms with E-state index in [0.29, 0.717) is 12.1 Å². The summed E-state index contributed by atoms with van der Waals surface area (Å²) in [5.74, 6) is -0.478. The molecule has 2 aromatic carbocycles. The Morgan fingerprint density at radius 1 is 1.12 bits per heavy atom. The predicted molar refractivity (Wildman–Crippen MR) is 103 cm³/mol. The second kappa shape index (κ2) is 8.19. The van der Waals surface area contributed by atoms with Crippen molar-refractivity contribution in [3.05, 3.63) is 65.7 Å². The van der Waals surface area contributed by atoms with Crippen LogP contribution in [0.1, 0.15) is 30.4 Å². The van der Waals surface area contributed by atoms with Gasteiger partial charge in [0.2, 0.25) is 11.8 Å². The first-order valence-electron chi connectivity index (χ1n) is 8.53. The molecule has 3 amide bonds. The Morgan fingerprint density at radius 2 is 1.81 bits per heavy atom. The molecule has 0 aromatic heterocycles. The van der Waals surface area contributed by atoms with E-state index in [9.17, 15) is 14.4 Å². The van der Waals surface area contributed by atoms with Crippen molar-refractivity contribution in [3.63, 3.8) is 0 Å². The minimum absolute atomic E-state index is 0.0391. The van der Waals surface area contributed by atoms with Gasteiger partial charge in [0.1, 0.15) is 0 Å². The van der Waals surface area contributed by atoms with E-state index in [0.717, 1.165) is 29.3 Å². The molecule has 1 heterocycles. The number of anilines is 1. The van der Waals surface area contributed by atoms with E-state index in [1.807, 2.05) is 61.5 Å². The number of imide groups is 1. The highest BCUT2D eigenvalue weighted by atomic mass is 32.2. The van der Waals surface area contributed by atoms with Crippen LogP contribution in [-0.2, 0) is 16.0 Å². The fraction of sp³-hybridized carbons (Fsp3) is 0.250. The molecular formula is C20H20N2O3S. The summed E-state index contributed by atoms with van der Waals surface area (Å²) >= 11 is 1.02. The SMILES string of the molecule is CCC(C(=O)Nc1ccc(CC2SC(=O)NC2=O)cc1)c1ccccc1. The van der Waals surface area contributed by atoms with Crippen molar-refractivity contribution in [1.29, 1.82) is 0 Å². The van der Waals surface area contributed by atoms with Crippen LogP contribution >= 0.6 is 11.8 Å². The van der Waals surface area contributed by atoms with Crippen LogP contribution < -0.4 is 10.6 Å². The van der Waals surface area contributed by atoms with E-state index >= 15 is 0 Å². The lowest BCUT2D eigenvalue weighted by Crippen LogP contribution is -2.25. The number of rotatable bonds is 6. The summed E-state index contributed by atoms with van der Waals surface area (Å²) < 4.78 is 0.